The van der Waals surface area contributed by atoms with Crippen molar-refractivity contribution in [2.75, 3.05) is 0 Å². The Morgan fingerprint density at radius 2 is 2.12 bits per heavy atom. The molecule has 0 saturated carbocycles. The molecule has 2 rings (SSSR count). The highest BCUT2D eigenvalue weighted by atomic mass is 32.1. The molecular formula is C11H16N4OS. The second-order valence-corrected chi connectivity index (χ2v) is 4.89. The molecular weight excluding hydrogens is 236 g/mol. The summed E-state index contributed by atoms with van der Waals surface area (Å²) in [6, 6.07) is 0. The zero-order valence-corrected chi connectivity index (χ0v) is 11.3. The Kier molecular flexibility index (Phi) is 3.15. The highest BCUT2D eigenvalue weighted by Crippen LogP contribution is 2.23. The predicted octanol–water partition coefficient (Wildman–Crippen LogP) is 2.87. The van der Waals surface area contributed by atoms with Crippen molar-refractivity contribution in [3.63, 3.8) is 0 Å². The van der Waals surface area contributed by atoms with Gasteiger partial charge in [0.1, 0.15) is 0 Å². The zero-order chi connectivity index (χ0) is 12.6. The maximum atomic E-state index is 5.58. The number of aromatic amines is 1. The van der Waals surface area contributed by atoms with Crippen molar-refractivity contribution in [3.05, 3.63) is 16.4 Å². The molecule has 0 bridgehead atoms. The van der Waals surface area contributed by atoms with Gasteiger partial charge < -0.3 is 4.42 Å². The van der Waals surface area contributed by atoms with Crippen LogP contribution in [-0.4, -0.2) is 19.7 Å². The smallest absolute Gasteiger partial charge is 0.200 e. The van der Waals surface area contributed by atoms with Crippen LogP contribution in [0.2, 0.25) is 0 Å². The van der Waals surface area contributed by atoms with Gasteiger partial charge in [-0.05, 0) is 25.1 Å². The molecule has 0 atom stereocenters. The number of hydrogen-bond donors (Lipinski definition) is 1. The largest absolute Gasteiger partial charge is 0.437 e. The summed E-state index contributed by atoms with van der Waals surface area (Å²) in [5.41, 5.74) is 0.835. The first-order chi connectivity index (χ1) is 7.99. The van der Waals surface area contributed by atoms with Crippen LogP contribution in [0.15, 0.2) is 4.42 Å². The molecule has 5 nitrogen and oxygen atoms in total. The molecule has 1 N–H and O–H groups in total. The lowest BCUT2D eigenvalue weighted by Gasteiger charge is -2.07. The van der Waals surface area contributed by atoms with Crippen LogP contribution in [0.5, 0.6) is 0 Å². The number of nitrogens with zero attached hydrogens (tertiary/aromatic N) is 3. The Labute approximate surface area is 105 Å². The molecule has 2 heterocycles. The monoisotopic (exact) mass is 252 g/mol. The van der Waals surface area contributed by atoms with E-state index in [4.69, 9.17) is 16.6 Å². The Morgan fingerprint density at radius 1 is 1.41 bits per heavy atom. The second kappa shape index (κ2) is 4.44. The molecule has 17 heavy (non-hydrogen) atoms. The summed E-state index contributed by atoms with van der Waals surface area (Å²) in [5, 5.41) is 7.03. The second-order valence-electron chi connectivity index (χ2n) is 4.50. The molecule has 0 aromatic carbocycles. The fourth-order valence-electron chi connectivity index (χ4n) is 1.76. The van der Waals surface area contributed by atoms with Gasteiger partial charge in [0.05, 0.1) is 5.69 Å². The first-order valence-corrected chi connectivity index (χ1v) is 5.99. The number of aromatic nitrogens is 4. The quantitative estimate of drug-likeness (QED) is 0.853. The third-order valence-corrected chi connectivity index (χ3v) is 2.72. The van der Waals surface area contributed by atoms with Crippen LogP contribution in [0, 0.1) is 24.5 Å². The van der Waals surface area contributed by atoms with Gasteiger partial charge in [0, 0.05) is 13.5 Å². The van der Waals surface area contributed by atoms with Crippen molar-refractivity contribution in [3.8, 4) is 11.6 Å². The van der Waals surface area contributed by atoms with E-state index in [9.17, 15) is 0 Å². The molecule has 0 fully saturated rings. The summed E-state index contributed by atoms with van der Waals surface area (Å²) in [6.45, 7) is 8.81. The molecule has 0 radical (unpaired) electrons. The van der Waals surface area contributed by atoms with Gasteiger partial charge in [-0.2, -0.15) is 5.10 Å². The molecule has 0 aliphatic carbocycles. The lowest BCUT2D eigenvalue weighted by Crippen LogP contribution is -2.06. The number of hydrogen-bond acceptors (Lipinski definition) is 4. The van der Waals surface area contributed by atoms with Gasteiger partial charge in [0.2, 0.25) is 0 Å². The summed E-state index contributed by atoms with van der Waals surface area (Å²) in [4.78, 5) is 4.25. The zero-order valence-electron chi connectivity index (χ0n) is 10.4. The van der Waals surface area contributed by atoms with Crippen molar-refractivity contribution in [1.82, 2.24) is 19.7 Å². The third-order valence-electron chi connectivity index (χ3n) is 2.41. The maximum absolute atomic E-state index is 5.58. The molecule has 2 aromatic heterocycles. The fraction of sp³-hybridized carbons (Fsp3) is 0.545. The Bertz CT molecular complexity index is 579. The van der Waals surface area contributed by atoms with E-state index in [2.05, 4.69) is 29.0 Å². The van der Waals surface area contributed by atoms with Gasteiger partial charge in [-0.3, -0.25) is 9.67 Å². The van der Waals surface area contributed by atoms with Gasteiger partial charge in [-0.15, -0.1) is 0 Å². The number of oxazole rings is 1. The third kappa shape index (κ3) is 2.31. The van der Waals surface area contributed by atoms with Crippen LogP contribution >= 0.6 is 12.2 Å². The van der Waals surface area contributed by atoms with Crippen molar-refractivity contribution in [2.24, 2.45) is 5.92 Å². The van der Waals surface area contributed by atoms with Gasteiger partial charge in [-0.25, -0.2) is 4.98 Å². The minimum atomic E-state index is 0.488. The van der Waals surface area contributed by atoms with E-state index in [-0.39, 0.29) is 0 Å². The van der Waals surface area contributed by atoms with Crippen molar-refractivity contribution in [2.45, 2.75) is 34.2 Å². The lowest BCUT2D eigenvalue weighted by atomic mass is 10.2. The SMILES string of the molecule is Cc1nc(C)c(-c2n[nH]c(=S)n2CC(C)C)o1. The van der Waals surface area contributed by atoms with Crippen LogP contribution in [0.25, 0.3) is 11.6 Å². The summed E-state index contributed by atoms with van der Waals surface area (Å²) in [7, 11) is 0. The van der Waals surface area contributed by atoms with Gasteiger partial charge >= 0.3 is 0 Å². The summed E-state index contributed by atoms with van der Waals surface area (Å²) >= 11 is 5.22. The molecule has 0 spiro atoms. The Hall–Kier alpha value is -1.43. The van der Waals surface area contributed by atoms with Crippen LogP contribution < -0.4 is 0 Å². The molecule has 0 amide bonds. The summed E-state index contributed by atoms with van der Waals surface area (Å²) in [5.74, 6) is 2.54. The molecule has 0 aliphatic heterocycles. The van der Waals surface area contributed by atoms with Crippen LogP contribution in [0.1, 0.15) is 25.4 Å². The van der Waals surface area contributed by atoms with Crippen molar-refractivity contribution in [1.29, 1.82) is 0 Å². The normalized spacial score (nSPS) is 11.4. The minimum absolute atomic E-state index is 0.488. The molecule has 2 aromatic rings. The van der Waals surface area contributed by atoms with Gasteiger partial charge in [0.15, 0.2) is 22.2 Å². The van der Waals surface area contributed by atoms with E-state index < -0.39 is 0 Å². The van der Waals surface area contributed by atoms with Crippen LogP contribution in [-0.2, 0) is 6.54 Å². The number of H-pyrrole nitrogens is 1. The van der Waals surface area contributed by atoms with Crippen LogP contribution in [0.4, 0.5) is 0 Å². The summed E-state index contributed by atoms with van der Waals surface area (Å²) in [6.07, 6.45) is 0. The fourth-order valence-corrected chi connectivity index (χ4v) is 1.97. The number of rotatable bonds is 3. The van der Waals surface area contributed by atoms with Gasteiger partial charge in [-0.1, -0.05) is 13.8 Å². The molecule has 6 heteroatoms. The lowest BCUT2D eigenvalue weighted by molar-refractivity contribution is 0.499. The van der Waals surface area contributed by atoms with Crippen molar-refractivity contribution < 1.29 is 4.42 Å². The first-order valence-electron chi connectivity index (χ1n) is 5.58. The molecule has 0 unspecified atom stereocenters. The predicted molar refractivity (Wildman–Crippen MR) is 67.2 cm³/mol. The standard InChI is InChI=1S/C11H16N4OS/c1-6(2)5-15-10(13-14-11(15)17)9-7(3)12-8(4)16-9/h6H,5H2,1-4H3,(H,14,17). The highest BCUT2D eigenvalue weighted by molar-refractivity contribution is 7.71. The van der Waals surface area contributed by atoms with E-state index in [1.54, 1.807) is 0 Å². The minimum Gasteiger partial charge on any atom is -0.437 e. The molecule has 0 saturated heterocycles. The molecule has 92 valence electrons. The first kappa shape index (κ1) is 12.0. The van der Waals surface area contributed by atoms with E-state index in [1.165, 1.54) is 0 Å². The van der Waals surface area contributed by atoms with Crippen molar-refractivity contribution >= 4 is 12.2 Å². The average molecular weight is 252 g/mol. The molecule has 0 aliphatic rings. The van der Waals surface area contributed by atoms with E-state index >= 15 is 0 Å². The number of aryl methyl sites for hydroxylation is 2. The van der Waals surface area contributed by atoms with E-state index in [0.29, 0.717) is 22.3 Å². The Morgan fingerprint density at radius 3 is 2.65 bits per heavy atom. The highest BCUT2D eigenvalue weighted by Gasteiger charge is 2.17. The average Bonchev–Trinajstić information content (AvgIpc) is 2.71. The van der Waals surface area contributed by atoms with Crippen LogP contribution in [0.3, 0.4) is 0 Å². The van der Waals surface area contributed by atoms with Gasteiger partial charge in [0.25, 0.3) is 0 Å². The van der Waals surface area contributed by atoms with E-state index in [0.717, 1.165) is 18.1 Å². The summed E-state index contributed by atoms with van der Waals surface area (Å²) < 4.78 is 8.14. The topological polar surface area (TPSA) is 59.6 Å². The Balaban J connectivity index is 2.52. The maximum Gasteiger partial charge on any atom is 0.200 e. The number of nitrogens with one attached hydrogen (secondary N) is 1. The van der Waals surface area contributed by atoms with E-state index in [1.807, 2.05) is 18.4 Å².